The number of nitrogens with one attached hydrogen (secondary N) is 1. The second-order valence-electron chi connectivity index (χ2n) is 5.81. The number of hydrogen-bond donors (Lipinski definition) is 1. The molecular weight excluding hydrogens is 396 g/mol. The van der Waals surface area contributed by atoms with Crippen LogP contribution in [-0.4, -0.2) is 37.9 Å². The molecule has 0 amide bonds. The molecule has 2 unspecified atom stereocenters. The Morgan fingerprint density at radius 3 is 2.38 bits per heavy atom. The minimum absolute atomic E-state index is 0. The first-order chi connectivity index (χ1) is 9.38. The fourth-order valence-corrected chi connectivity index (χ4v) is 7.01. The summed E-state index contributed by atoms with van der Waals surface area (Å²) < 4.78 is 28.4. The van der Waals surface area contributed by atoms with Crippen molar-refractivity contribution in [2.75, 3.05) is 7.05 Å². The SMILES string of the molecule is Cc1cc(S(=O)(=O)N(C)C2CC3CCC(C2)N3)sc1Br.Cl. The van der Waals surface area contributed by atoms with Crippen molar-refractivity contribution in [2.24, 2.45) is 0 Å². The maximum Gasteiger partial charge on any atom is 0.252 e. The fraction of sp³-hybridized carbons (Fsp3) is 0.692. The smallest absolute Gasteiger partial charge is 0.252 e. The third-order valence-electron chi connectivity index (χ3n) is 4.43. The lowest BCUT2D eigenvalue weighted by Gasteiger charge is -2.34. The standard InChI is InChI=1S/C13H19BrN2O2S2.ClH/c1-8-5-12(19-13(8)14)20(17,18)16(2)11-6-9-3-4-10(7-11)15-9;/h5,9-11,15H,3-4,6-7H2,1-2H3;1H. The number of piperidine rings is 1. The third-order valence-corrected chi connectivity index (χ3v) is 8.93. The van der Waals surface area contributed by atoms with Crippen molar-refractivity contribution in [3.63, 3.8) is 0 Å². The van der Waals surface area contributed by atoms with Crippen molar-refractivity contribution < 1.29 is 8.42 Å². The lowest BCUT2D eigenvalue weighted by molar-refractivity contribution is 0.252. The van der Waals surface area contributed by atoms with Crippen LogP contribution in [0.5, 0.6) is 0 Å². The molecule has 2 aliphatic rings. The zero-order valence-electron chi connectivity index (χ0n) is 12.0. The van der Waals surface area contributed by atoms with Crippen LogP contribution in [0.1, 0.15) is 31.2 Å². The Hall–Kier alpha value is 0.340. The van der Waals surface area contributed by atoms with Gasteiger partial charge in [-0.05, 0) is 60.2 Å². The van der Waals surface area contributed by atoms with Crippen molar-refractivity contribution in [2.45, 2.75) is 54.9 Å². The summed E-state index contributed by atoms with van der Waals surface area (Å²) in [6.07, 6.45) is 4.22. The number of halogens is 2. The molecule has 21 heavy (non-hydrogen) atoms. The van der Waals surface area contributed by atoms with Gasteiger partial charge in [0.15, 0.2) is 0 Å². The molecule has 8 heteroatoms. The van der Waals surface area contributed by atoms with E-state index in [1.807, 2.05) is 6.92 Å². The van der Waals surface area contributed by atoms with Crippen molar-refractivity contribution in [3.05, 3.63) is 15.4 Å². The van der Waals surface area contributed by atoms with E-state index in [9.17, 15) is 8.42 Å². The van der Waals surface area contributed by atoms with Gasteiger partial charge in [0.1, 0.15) is 4.21 Å². The normalized spacial score (nSPS) is 28.7. The summed E-state index contributed by atoms with van der Waals surface area (Å²) in [7, 11) is -1.64. The minimum atomic E-state index is -3.37. The Kier molecular flexibility index (Phi) is 5.43. The minimum Gasteiger partial charge on any atom is -0.311 e. The molecule has 3 heterocycles. The van der Waals surface area contributed by atoms with Crippen LogP contribution in [0.3, 0.4) is 0 Å². The van der Waals surface area contributed by atoms with Crippen LogP contribution in [-0.2, 0) is 10.0 Å². The number of fused-ring (bicyclic) bond motifs is 2. The van der Waals surface area contributed by atoms with Crippen molar-refractivity contribution in [1.82, 2.24) is 9.62 Å². The summed E-state index contributed by atoms with van der Waals surface area (Å²) in [5.41, 5.74) is 0.979. The van der Waals surface area contributed by atoms with Gasteiger partial charge < -0.3 is 5.32 Å². The van der Waals surface area contributed by atoms with E-state index in [2.05, 4.69) is 21.2 Å². The molecule has 2 fully saturated rings. The molecule has 0 aromatic carbocycles. The fourth-order valence-electron chi connectivity index (χ4n) is 3.22. The molecule has 4 nitrogen and oxygen atoms in total. The molecule has 0 spiro atoms. The zero-order chi connectivity index (χ0) is 14.5. The second-order valence-corrected chi connectivity index (χ2v) is 10.4. The lowest BCUT2D eigenvalue weighted by Crippen LogP contribution is -2.48. The molecule has 1 N–H and O–H groups in total. The topological polar surface area (TPSA) is 49.4 Å². The number of hydrogen-bond acceptors (Lipinski definition) is 4. The Bertz CT molecular complexity index is 588. The van der Waals surface area contributed by atoms with Crippen molar-refractivity contribution in [3.8, 4) is 0 Å². The molecule has 3 rings (SSSR count). The average Bonchev–Trinajstić information content (AvgIpc) is 2.92. The van der Waals surface area contributed by atoms with Gasteiger partial charge in [0.25, 0.3) is 10.0 Å². The van der Waals surface area contributed by atoms with Crippen LogP contribution in [0.4, 0.5) is 0 Å². The Balaban J connectivity index is 0.00000161. The Morgan fingerprint density at radius 1 is 1.33 bits per heavy atom. The number of aryl methyl sites for hydroxylation is 1. The van der Waals surface area contributed by atoms with E-state index in [0.717, 1.165) is 22.2 Å². The monoisotopic (exact) mass is 414 g/mol. The molecule has 0 aliphatic carbocycles. The summed E-state index contributed by atoms with van der Waals surface area (Å²) in [4.78, 5) is 0. The lowest BCUT2D eigenvalue weighted by atomic mass is 10.0. The molecule has 0 radical (unpaired) electrons. The Labute approximate surface area is 144 Å². The van der Waals surface area contributed by atoms with Crippen LogP contribution < -0.4 is 5.32 Å². The summed E-state index contributed by atoms with van der Waals surface area (Å²) in [5, 5.41) is 3.55. The summed E-state index contributed by atoms with van der Waals surface area (Å²) in [5.74, 6) is 0. The van der Waals surface area contributed by atoms with E-state index in [4.69, 9.17) is 0 Å². The van der Waals surface area contributed by atoms with Crippen LogP contribution in [0.25, 0.3) is 0 Å². The first-order valence-electron chi connectivity index (χ1n) is 6.88. The molecule has 1 aromatic heterocycles. The van der Waals surface area contributed by atoms with Gasteiger partial charge in [0.2, 0.25) is 0 Å². The molecule has 120 valence electrons. The first-order valence-corrected chi connectivity index (χ1v) is 9.93. The van der Waals surface area contributed by atoms with Crippen molar-refractivity contribution >= 4 is 49.7 Å². The third kappa shape index (κ3) is 3.33. The zero-order valence-corrected chi connectivity index (χ0v) is 16.0. The van der Waals surface area contributed by atoms with E-state index in [1.54, 1.807) is 17.4 Å². The van der Waals surface area contributed by atoms with Gasteiger partial charge in [-0.25, -0.2) is 8.42 Å². The van der Waals surface area contributed by atoms with E-state index in [1.165, 1.54) is 24.2 Å². The number of rotatable bonds is 3. The number of nitrogens with zero attached hydrogens (tertiary/aromatic N) is 1. The Morgan fingerprint density at radius 2 is 1.90 bits per heavy atom. The van der Waals surface area contributed by atoms with Gasteiger partial charge in [-0.1, -0.05) is 0 Å². The highest BCUT2D eigenvalue weighted by Gasteiger charge is 2.39. The number of sulfonamides is 1. The quantitative estimate of drug-likeness (QED) is 0.825. The van der Waals surface area contributed by atoms with Crippen molar-refractivity contribution in [1.29, 1.82) is 0 Å². The molecule has 1 aromatic rings. The van der Waals surface area contributed by atoms with Crippen LogP contribution in [0.15, 0.2) is 14.1 Å². The molecule has 2 saturated heterocycles. The van der Waals surface area contributed by atoms with E-state index >= 15 is 0 Å². The van der Waals surface area contributed by atoms with Crippen LogP contribution >= 0.6 is 39.7 Å². The predicted octanol–water partition coefficient (Wildman–Crippen LogP) is 3.14. The van der Waals surface area contributed by atoms with Crippen LogP contribution in [0.2, 0.25) is 0 Å². The summed E-state index contributed by atoms with van der Waals surface area (Å²) in [6.45, 7) is 1.92. The molecule has 0 saturated carbocycles. The largest absolute Gasteiger partial charge is 0.311 e. The highest BCUT2D eigenvalue weighted by atomic mass is 79.9. The summed E-state index contributed by atoms with van der Waals surface area (Å²) >= 11 is 4.71. The van der Waals surface area contributed by atoms with E-state index < -0.39 is 10.0 Å². The maximum absolute atomic E-state index is 12.7. The van der Waals surface area contributed by atoms with Gasteiger partial charge in [0.05, 0.1) is 3.79 Å². The van der Waals surface area contributed by atoms with Gasteiger partial charge in [0, 0.05) is 25.2 Å². The van der Waals surface area contributed by atoms with Crippen LogP contribution in [0, 0.1) is 6.92 Å². The highest BCUT2D eigenvalue weighted by Crippen LogP contribution is 2.35. The highest BCUT2D eigenvalue weighted by molar-refractivity contribution is 9.11. The predicted molar refractivity (Wildman–Crippen MR) is 91.9 cm³/mol. The van der Waals surface area contributed by atoms with E-state index in [0.29, 0.717) is 16.3 Å². The maximum atomic E-state index is 12.7. The van der Waals surface area contributed by atoms with Gasteiger partial charge in [-0.3, -0.25) is 0 Å². The first kappa shape index (κ1) is 17.7. The van der Waals surface area contributed by atoms with Gasteiger partial charge in [-0.15, -0.1) is 23.7 Å². The van der Waals surface area contributed by atoms with Gasteiger partial charge >= 0.3 is 0 Å². The van der Waals surface area contributed by atoms with Gasteiger partial charge in [-0.2, -0.15) is 4.31 Å². The molecule has 2 atom stereocenters. The number of thiophene rings is 1. The summed E-state index contributed by atoms with van der Waals surface area (Å²) in [6, 6.07) is 2.87. The molecule has 2 bridgehead atoms. The average molecular weight is 416 g/mol. The second kappa shape index (κ2) is 6.45. The molecule has 2 aliphatic heterocycles. The van der Waals surface area contributed by atoms with E-state index in [-0.39, 0.29) is 18.4 Å². The molecular formula is C13H20BrClN2O2S2.